The molecule has 1 spiro atoms. The zero-order valence-electron chi connectivity index (χ0n) is 11.4. The average molecular weight is 248 g/mol. The van der Waals surface area contributed by atoms with E-state index in [4.69, 9.17) is 0 Å². The number of nitrogens with zero attached hydrogens (tertiary/aromatic N) is 2. The van der Waals surface area contributed by atoms with E-state index in [1.165, 1.54) is 38.5 Å². The van der Waals surface area contributed by atoms with Crippen molar-refractivity contribution in [2.24, 2.45) is 5.41 Å². The van der Waals surface area contributed by atoms with Crippen molar-refractivity contribution < 1.29 is 5.11 Å². The molecule has 0 amide bonds. The molecule has 0 aliphatic heterocycles. The molecule has 0 saturated heterocycles. The summed E-state index contributed by atoms with van der Waals surface area (Å²) in [5, 5.41) is 10.9. The summed E-state index contributed by atoms with van der Waals surface area (Å²) in [4.78, 5) is 4.41. The zero-order chi connectivity index (χ0) is 12.6. The van der Waals surface area contributed by atoms with Crippen LogP contribution in [0.3, 0.4) is 0 Å². The number of aromatic nitrogens is 2. The minimum Gasteiger partial charge on any atom is -0.382 e. The zero-order valence-corrected chi connectivity index (χ0v) is 11.4. The van der Waals surface area contributed by atoms with Gasteiger partial charge in [-0.25, -0.2) is 4.98 Å². The average Bonchev–Trinajstić information content (AvgIpc) is 3.03. The highest BCUT2D eigenvalue weighted by Crippen LogP contribution is 2.53. The summed E-state index contributed by atoms with van der Waals surface area (Å²) in [7, 11) is 0. The first-order chi connectivity index (χ1) is 8.68. The molecule has 1 aromatic heterocycles. The molecule has 100 valence electrons. The highest BCUT2D eigenvalue weighted by molar-refractivity contribution is 5.08. The second-order valence-electron chi connectivity index (χ2n) is 6.28. The van der Waals surface area contributed by atoms with Gasteiger partial charge in [0.2, 0.25) is 0 Å². The predicted molar refractivity (Wildman–Crippen MR) is 71.2 cm³/mol. The van der Waals surface area contributed by atoms with Crippen molar-refractivity contribution >= 4 is 0 Å². The molecular weight excluding hydrogens is 224 g/mol. The maximum Gasteiger partial charge on any atom is 0.140 e. The second kappa shape index (κ2) is 4.37. The Labute approximate surface area is 109 Å². The molecule has 1 N–H and O–H groups in total. The smallest absolute Gasteiger partial charge is 0.140 e. The van der Waals surface area contributed by atoms with E-state index in [0.717, 1.165) is 25.2 Å². The molecule has 3 rings (SSSR count). The van der Waals surface area contributed by atoms with Gasteiger partial charge in [-0.3, -0.25) is 0 Å². The Morgan fingerprint density at radius 1 is 1.17 bits per heavy atom. The van der Waals surface area contributed by atoms with Crippen LogP contribution in [0.2, 0.25) is 0 Å². The summed E-state index contributed by atoms with van der Waals surface area (Å²) in [6.07, 6.45) is 13.5. The monoisotopic (exact) mass is 248 g/mol. The van der Waals surface area contributed by atoms with Gasteiger partial charge in [-0.1, -0.05) is 12.8 Å². The minimum absolute atomic E-state index is 0.565. The number of imidazole rings is 1. The summed E-state index contributed by atoms with van der Waals surface area (Å²) < 4.78 is 2.09. The first-order valence-electron chi connectivity index (χ1n) is 7.42. The second-order valence-corrected chi connectivity index (χ2v) is 6.28. The number of rotatable bonds is 2. The van der Waals surface area contributed by atoms with Crippen LogP contribution in [-0.2, 0) is 12.1 Å². The topological polar surface area (TPSA) is 38.0 Å². The van der Waals surface area contributed by atoms with Crippen LogP contribution in [0, 0.1) is 5.41 Å². The molecular formula is C15H24N2O. The summed E-state index contributed by atoms with van der Waals surface area (Å²) in [6, 6.07) is 0. The van der Waals surface area contributed by atoms with Crippen molar-refractivity contribution in [2.45, 2.75) is 70.4 Å². The Morgan fingerprint density at radius 2 is 1.83 bits per heavy atom. The van der Waals surface area contributed by atoms with Crippen LogP contribution in [-0.4, -0.2) is 14.7 Å². The Hall–Kier alpha value is -0.830. The van der Waals surface area contributed by atoms with Crippen molar-refractivity contribution in [1.29, 1.82) is 0 Å². The molecule has 3 nitrogen and oxygen atoms in total. The highest BCUT2D eigenvalue weighted by Gasteiger charge is 2.45. The Kier molecular flexibility index (Phi) is 2.97. The summed E-state index contributed by atoms with van der Waals surface area (Å²) in [6.45, 7) is 3.00. The van der Waals surface area contributed by atoms with Crippen LogP contribution in [0.4, 0.5) is 0 Å². The lowest BCUT2D eigenvalue weighted by atomic mass is 9.67. The fourth-order valence-electron chi connectivity index (χ4n) is 4.01. The third kappa shape index (κ3) is 1.89. The molecule has 0 bridgehead atoms. The van der Waals surface area contributed by atoms with E-state index in [0.29, 0.717) is 5.41 Å². The molecule has 2 fully saturated rings. The van der Waals surface area contributed by atoms with Crippen molar-refractivity contribution in [3.63, 3.8) is 0 Å². The van der Waals surface area contributed by atoms with Crippen LogP contribution in [0.15, 0.2) is 12.4 Å². The van der Waals surface area contributed by atoms with E-state index >= 15 is 0 Å². The van der Waals surface area contributed by atoms with Gasteiger partial charge < -0.3 is 9.67 Å². The van der Waals surface area contributed by atoms with Crippen molar-refractivity contribution in [2.75, 3.05) is 0 Å². The summed E-state index contributed by atoms with van der Waals surface area (Å²) in [5.74, 6) is 0.887. The van der Waals surface area contributed by atoms with Gasteiger partial charge in [0.25, 0.3) is 0 Å². The highest BCUT2D eigenvalue weighted by atomic mass is 16.3. The number of aliphatic hydroxyl groups is 1. The molecule has 2 aliphatic rings. The molecule has 0 atom stereocenters. The van der Waals surface area contributed by atoms with E-state index in [1.54, 1.807) is 0 Å². The van der Waals surface area contributed by atoms with Gasteiger partial charge in [-0.15, -0.1) is 0 Å². The molecule has 1 heterocycles. The van der Waals surface area contributed by atoms with Gasteiger partial charge in [-0.2, -0.15) is 0 Å². The van der Waals surface area contributed by atoms with Crippen LogP contribution in [0.5, 0.6) is 0 Å². The normalized spacial score (nSPS) is 25.7. The lowest BCUT2D eigenvalue weighted by Gasteiger charge is -2.41. The summed E-state index contributed by atoms with van der Waals surface area (Å²) in [5.41, 5.74) is -0.108. The largest absolute Gasteiger partial charge is 0.382 e. The fraction of sp³-hybridized carbons (Fsp3) is 0.800. The van der Waals surface area contributed by atoms with Gasteiger partial charge in [0, 0.05) is 18.9 Å². The maximum atomic E-state index is 10.9. The van der Waals surface area contributed by atoms with Crippen LogP contribution >= 0.6 is 0 Å². The van der Waals surface area contributed by atoms with E-state index in [-0.39, 0.29) is 0 Å². The summed E-state index contributed by atoms with van der Waals surface area (Å²) >= 11 is 0. The van der Waals surface area contributed by atoms with Gasteiger partial charge in [0.15, 0.2) is 0 Å². The Bertz CT molecular complexity index is 408. The van der Waals surface area contributed by atoms with Gasteiger partial charge in [-0.05, 0) is 50.9 Å². The third-order valence-electron chi connectivity index (χ3n) is 5.27. The maximum absolute atomic E-state index is 10.9. The van der Waals surface area contributed by atoms with Crippen LogP contribution < -0.4 is 0 Å². The van der Waals surface area contributed by atoms with Gasteiger partial charge in [0.1, 0.15) is 11.4 Å². The predicted octanol–water partition coefficient (Wildman–Crippen LogP) is 3.23. The third-order valence-corrected chi connectivity index (χ3v) is 5.27. The molecule has 3 heteroatoms. The van der Waals surface area contributed by atoms with Crippen LogP contribution in [0.1, 0.15) is 64.1 Å². The standard InChI is InChI=1S/C15H24N2O/c1-2-17-12-11-16-13(17)15(18)9-7-14(8-10-15)5-3-4-6-14/h11-12,18H,2-10H2,1H3. The molecule has 1 aromatic rings. The van der Waals surface area contributed by atoms with Gasteiger partial charge >= 0.3 is 0 Å². The SMILES string of the molecule is CCn1ccnc1C1(O)CCC2(CCCC2)CC1. The number of hydrogen-bond donors (Lipinski definition) is 1. The number of hydrogen-bond acceptors (Lipinski definition) is 2. The van der Waals surface area contributed by atoms with Crippen molar-refractivity contribution in [3.8, 4) is 0 Å². The molecule has 0 unspecified atom stereocenters. The van der Waals surface area contributed by atoms with E-state index < -0.39 is 5.60 Å². The Balaban J connectivity index is 1.78. The lowest BCUT2D eigenvalue weighted by molar-refractivity contribution is -0.0465. The fourth-order valence-corrected chi connectivity index (χ4v) is 4.01. The molecule has 18 heavy (non-hydrogen) atoms. The molecule has 0 aromatic carbocycles. The van der Waals surface area contributed by atoms with Crippen molar-refractivity contribution in [3.05, 3.63) is 18.2 Å². The molecule has 2 saturated carbocycles. The van der Waals surface area contributed by atoms with E-state index in [1.807, 2.05) is 12.4 Å². The quantitative estimate of drug-likeness (QED) is 0.872. The minimum atomic E-state index is -0.673. The van der Waals surface area contributed by atoms with E-state index in [9.17, 15) is 5.11 Å². The van der Waals surface area contributed by atoms with Crippen molar-refractivity contribution in [1.82, 2.24) is 9.55 Å². The first kappa shape index (κ1) is 12.2. The van der Waals surface area contributed by atoms with E-state index in [2.05, 4.69) is 16.5 Å². The molecule has 0 radical (unpaired) electrons. The van der Waals surface area contributed by atoms with Gasteiger partial charge in [0.05, 0.1) is 0 Å². The van der Waals surface area contributed by atoms with Crippen LogP contribution in [0.25, 0.3) is 0 Å². The molecule has 2 aliphatic carbocycles. The number of aryl methyl sites for hydroxylation is 1. The Morgan fingerprint density at radius 3 is 2.44 bits per heavy atom. The first-order valence-corrected chi connectivity index (χ1v) is 7.42. The lowest BCUT2D eigenvalue weighted by Crippen LogP contribution is -2.38.